The molecule has 7 heteroatoms. The molecule has 0 atom stereocenters. The molecule has 1 aliphatic heterocycles. The maximum absolute atomic E-state index is 12.7. The average Bonchev–Trinajstić information content (AvgIpc) is 2.77. The Morgan fingerprint density at radius 2 is 1.52 bits per heavy atom. The predicted molar refractivity (Wildman–Crippen MR) is 115 cm³/mol. The zero-order valence-electron chi connectivity index (χ0n) is 17.1. The normalized spacial score (nSPS) is 14.6. The second-order valence-electron chi connectivity index (χ2n) is 6.89. The summed E-state index contributed by atoms with van der Waals surface area (Å²) in [6.07, 6.45) is 0.444. The molecule has 29 heavy (non-hydrogen) atoms. The Morgan fingerprint density at radius 1 is 0.931 bits per heavy atom. The van der Waals surface area contributed by atoms with Gasteiger partial charge in [0.05, 0.1) is 21.3 Å². The summed E-state index contributed by atoms with van der Waals surface area (Å²) in [7, 11) is 4.64. The summed E-state index contributed by atoms with van der Waals surface area (Å²) in [5, 5.41) is 0.748. The van der Waals surface area contributed by atoms with Crippen LogP contribution in [-0.4, -0.2) is 64.7 Å². The van der Waals surface area contributed by atoms with Crippen molar-refractivity contribution in [3.63, 3.8) is 0 Å². The molecule has 0 amide bonds. The molecule has 2 aromatic rings. The Labute approximate surface area is 176 Å². The van der Waals surface area contributed by atoms with E-state index in [4.69, 9.17) is 25.8 Å². The number of ether oxygens (including phenoxy) is 3. The zero-order chi connectivity index (χ0) is 20.8. The highest BCUT2D eigenvalue weighted by molar-refractivity contribution is 6.30. The summed E-state index contributed by atoms with van der Waals surface area (Å²) in [4.78, 5) is 17.4. The van der Waals surface area contributed by atoms with E-state index in [2.05, 4.69) is 9.80 Å². The highest BCUT2D eigenvalue weighted by Gasteiger charge is 2.20. The predicted octanol–water partition coefficient (Wildman–Crippen LogP) is 3.76. The standard InChI is InChI=1S/C22H27ClN2O4/c1-27-20-14-16(15-21(28-2)22(20)29-3)19(26)8-9-24-10-12-25(13-11-24)18-6-4-17(23)5-7-18/h4-7,14-15H,8-13H2,1-3H3. The quantitative estimate of drug-likeness (QED) is 0.608. The molecule has 0 N–H and O–H groups in total. The smallest absolute Gasteiger partial charge is 0.203 e. The van der Waals surface area contributed by atoms with Gasteiger partial charge in [0.25, 0.3) is 0 Å². The summed E-state index contributed by atoms with van der Waals surface area (Å²) < 4.78 is 16.0. The molecule has 156 valence electrons. The number of methoxy groups -OCH3 is 3. The van der Waals surface area contributed by atoms with Crippen LogP contribution in [0.2, 0.25) is 5.02 Å². The molecule has 6 nitrogen and oxygen atoms in total. The largest absolute Gasteiger partial charge is 0.493 e. The molecular formula is C22H27ClN2O4. The van der Waals surface area contributed by atoms with Crippen molar-refractivity contribution in [2.24, 2.45) is 0 Å². The maximum atomic E-state index is 12.7. The molecule has 1 aliphatic rings. The van der Waals surface area contributed by atoms with Crippen LogP contribution in [0.1, 0.15) is 16.8 Å². The first kappa shape index (κ1) is 21.3. The molecule has 1 saturated heterocycles. The summed E-state index contributed by atoms with van der Waals surface area (Å²) in [6.45, 7) is 4.43. The van der Waals surface area contributed by atoms with Crippen LogP contribution in [0, 0.1) is 0 Å². The fourth-order valence-corrected chi connectivity index (χ4v) is 3.65. The van der Waals surface area contributed by atoms with Crippen molar-refractivity contribution in [1.82, 2.24) is 4.90 Å². The number of carbonyl (C=O) groups excluding carboxylic acids is 1. The van der Waals surface area contributed by atoms with Gasteiger partial charge in [-0.2, -0.15) is 0 Å². The van der Waals surface area contributed by atoms with Gasteiger partial charge in [-0.1, -0.05) is 11.6 Å². The van der Waals surface area contributed by atoms with Crippen LogP contribution in [0.15, 0.2) is 36.4 Å². The minimum absolute atomic E-state index is 0.0596. The molecular weight excluding hydrogens is 392 g/mol. The second-order valence-corrected chi connectivity index (χ2v) is 7.33. The summed E-state index contributed by atoms with van der Waals surface area (Å²) in [5.41, 5.74) is 1.75. The molecule has 1 heterocycles. The fourth-order valence-electron chi connectivity index (χ4n) is 3.53. The zero-order valence-corrected chi connectivity index (χ0v) is 17.9. The third-order valence-corrected chi connectivity index (χ3v) is 5.46. The molecule has 0 spiro atoms. The highest BCUT2D eigenvalue weighted by Crippen LogP contribution is 2.38. The van der Waals surface area contributed by atoms with Gasteiger partial charge in [0.2, 0.25) is 5.75 Å². The number of piperazine rings is 1. The molecule has 0 unspecified atom stereocenters. The topological polar surface area (TPSA) is 51.2 Å². The van der Waals surface area contributed by atoms with E-state index in [1.807, 2.05) is 24.3 Å². The molecule has 0 aromatic heterocycles. The number of halogens is 1. The third kappa shape index (κ3) is 5.14. The van der Waals surface area contributed by atoms with Gasteiger partial charge in [0.15, 0.2) is 17.3 Å². The third-order valence-electron chi connectivity index (χ3n) is 5.21. The Morgan fingerprint density at radius 3 is 2.03 bits per heavy atom. The van der Waals surface area contributed by atoms with E-state index < -0.39 is 0 Å². The van der Waals surface area contributed by atoms with Crippen LogP contribution in [0.4, 0.5) is 5.69 Å². The van der Waals surface area contributed by atoms with Crippen molar-refractivity contribution >= 4 is 23.1 Å². The number of Topliss-reactive ketones (excluding diaryl/α,β-unsaturated/α-hetero) is 1. The van der Waals surface area contributed by atoms with Crippen molar-refractivity contribution in [3.05, 3.63) is 47.0 Å². The fraction of sp³-hybridized carbons (Fsp3) is 0.409. The van der Waals surface area contributed by atoms with Crippen LogP contribution < -0.4 is 19.1 Å². The minimum Gasteiger partial charge on any atom is -0.493 e. The Hall–Kier alpha value is -2.44. The van der Waals surface area contributed by atoms with Gasteiger partial charge in [-0.05, 0) is 36.4 Å². The lowest BCUT2D eigenvalue weighted by molar-refractivity contribution is 0.0961. The van der Waals surface area contributed by atoms with Gasteiger partial charge >= 0.3 is 0 Å². The Kier molecular flexibility index (Phi) is 7.23. The highest BCUT2D eigenvalue weighted by atomic mass is 35.5. The van der Waals surface area contributed by atoms with E-state index in [1.54, 1.807) is 33.5 Å². The van der Waals surface area contributed by atoms with Crippen molar-refractivity contribution < 1.29 is 19.0 Å². The van der Waals surface area contributed by atoms with E-state index in [-0.39, 0.29) is 5.78 Å². The molecule has 0 aliphatic carbocycles. The number of rotatable bonds is 8. The number of ketones is 1. The van der Waals surface area contributed by atoms with Gasteiger partial charge in [-0.3, -0.25) is 9.69 Å². The lowest BCUT2D eigenvalue weighted by Gasteiger charge is -2.36. The van der Waals surface area contributed by atoms with Gasteiger partial charge in [0, 0.05) is 55.4 Å². The van der Waals surface area contributed by atoms with Crippen molar-refractivity contribution in [3.8, 4) is 17.2 Å². The van der Waals surface area contributed by atoms with Gasteiger partial charge in [0.1, 0.15) is 0 Å². The van der Waals surface area contributed by atoms with E-state index >= 15 is 0 Å². The maximum Gasteiger partial charge on any atom is 0.203 e. The summed E-state index contributed by atoms with van der Waals surface area (Å²) in [5.74, 6) is 1.54. The molecule has 0 saturated carbocycles. The number of nitrogens with zero attached hydrogens (tertiary/aromatic N) is 2. The summed E-state index contributed by atoms with van der Waals surface area (Å²) >= 11 is 5.97. The SMILES string of the molecule is COc1cc(C(=O)CCN2CCN(c3ccc(Cl)cc3)CC2)cc(OC)c1OC. The van der Waals surface area contributed by atoms with Crippen molar-refractivity contribution in [1.29, 1.82) is 0 Å². The van der Waals surface area contributed by atoms with E-state index in [1.165, 1.54) is 5.69 Å². The summed E-state index contributed by atoms with van der Waals surface area (Å²) in [6, 6.07) is 11.3. The number of anilines is 1. The van der Waals surface area contributed by atoms with Crippen molar-refractivity contribution in [2.75, 3.05) is 59.0 Å². The van der Waals surface area contributed by atoms with Crippen LogP contribution in [0.25, 0.3) is 0 Å². The first-order chi connectivity index (χ1) is 14.0. The number of hydrogen-bond acceptors (Lipinski definition) is 6. The Bertz CT molecular complexity index is 808. The molecule has 2 aromatic carbocycles. The molecule has 0 radical (unpaired) electrons. The monoisotopic (exact) mass is 418 g/mol. The van der Waals surface area contributed by atoms with E-state index in [0.29, 0.717) is 29.2 Å². The lowest BCUT2D eigenvalue weighted by Crippen LogP contribution is -2.46. The Balaban J connectivity index is 1.55. The van der Waals surface area contributed by atoms with Gasteiger partial charge in [-0.15, -0.1) is 0 Å². The molecule has 1 fully saturated rings. The number of carbonyl (C=O) groups is 1. The molecule has 0 bridgehead atoms. The lowest BCUT2D eigenvalue weighted by atomic mass is 10.1. The van der Waals surface area contributed by atoms with E-state index in [0.717, 1.165) is 37.7 Å². The number of hydrogen-bond donors (Lipinski definition) is 0. The first-order valence-electron chi connectivity index (χ1n) is 9.61. The van der Waals surface area contributed by atoms with Crippen LogP contribution in [0.5, 0.6) is 17.2 Å². The van der Waals surface area contributed by atoms with Gasteiger partial charge < -0.3 is 19.1 Å². The molecule has 3 rings (SSSR count). The van der Waals surface area contributed by atoms with E-state index in [9.17, 15) is 4.79 Å². The van der Waals surface area contributed by atoms with Crippen LogP contribution in [0.3, 0.4) is 0 Å². The second kappa shape index (κ2) is 9.85. The minimum atomic E-state index is 0.0596. The number of benzene rings is 2. The first-order valence-corrected chi connectivity index (χ1v) is 9.99. The van der Waals surface area contributed by atoms with Gasteiger partial charge in [-0.25, -0.2) is 0 Å². The van der Waals surface area contributed by atoms with Crippen LogP contribution in [-0.2, 0) is 0 Å². The van der Waals surface area contributed by atoms with Crippen molar-refractivity contribution in [2.45, 2.75) is 6.42 Å². The van der Waals surface area contributed by atoms with Crippen LogP contribution >= 0.6 is 11.6 Å². The average molecular weight is 419 g/mol.